The molecule has 4 aromatic heterocycles. The van der Waals surface area contributed by atoms with Crippen LogP contribution in [0.25, 0.3) is 43.9 Å². The maximum absolute atomic E-state index is 13.7. The predicted octanol–water partition coefficient (Wildman–Crippen LogP) is 9.83. The van der Waals surface area contributed by atoms with Gasteiger partial charge in [0.05, 0.1) is 72.0 Å². The lowest BCUT2D eigenvalue weighted by atomic mass is 9.80. The number of nitrogens with zero attached hydrogens (tertiary/aromatic N) is 7. The first kappa shape index (κ1) is 42.1. The van der Waals surface area contributed by atoms with E-state index in [-0.39, 0.29) is 62.3 Å². The van der Waals surface area contributed by atoms with Gasteiger partial charge in [0.15, 0.2) is 0 Å². The lowest BCUT2D eigenvalue weighted by molar-refractivity contribution is -0.0904. The zero-order valence-electron chi connectivity index (χ0n) is 32.9. The largest absolute Gasteiger partial charge is 0.377 e. The van der Waals surface area contributed by atoms with Gasteiger partial charge in [-0.2, -0.15) is 13.7 Å². The van der Waals surface area contributed by atoms with E-state index in [0.29, 0.717) is 71.6 Å². The van der Waals surface area contributed by atoms with Crippen LogP contribution in [0, 0.1) is 11.3 Å². The van der Waals surface area contributed by atoms with Crippen molar-refractivity contribution in [2.24, 2.45) is 0 Å². The Morgan fingerprint density at radius 2 is 1.23 bits per heavy atom. The van der Waals surface area contributed by atoms with Crippen LogP contribution in [0.1, 0.15) is 93.4 Å². The first-order valence-electron chi connectivity index (χ1n) is 20.2. The molecule has 19 heteroatoms. The fourth-order valence-electron chi connectivity index (χ4n) is 9.29. The summed E-state index contributed by atoms with van der Waals surface area (Å²) in [6.45, 7) is 0.833. The molecular weight excluding hydrogens is 861 g/mol. The van der Waals surface area contributed by atoms with Gasteiger partial charge in [-0.25, -0.2) is 27.5 Å². The molecule has 12 nitrogen and oxygen atoms in total. The summed E-state index contributed by atoms with van der Waals surface area (Å²) in [5.74, 6) is -4.67. The van der Waals surface area contributed by atoms with Crippen molar-refractivity contribution in [3.05, 3.63) is 70.5 Å². The van der Waals surface area contributed by atoms with E-state index in [1.165, 1.54) is 0 Å². The standard InChI is InChI=1S/C21H19ClF2N4O.C21H22ClF2N3O4S/c22-13-1-2-17-16(7-13)19-18(11-26-17)27-20(12-9-21(23,24)10-12)28(19)14-4-6-29-15(8-14)3-5-25;1-32(28,29)31-11-15-7-14(4-5-30-15)27-19-16-6-13(22)2-3-17(16)25-10-18(19)26-20(27)12-8-21(23,24)9-12/h1-2,7,11-12,14-15H,3-4,6,8-10H2;2-3,6,10,12,14-15H,4-5,7-9,11H2,1H3/t14-,15-;14-,15+/m11/s1. The van der Waals surface area contributed by atoms with Gasteiger partial charge in [0.1, 0.15) is 22.7 Å². The average molecular weight is 903 g/mol. The van der Waals surface area contributed by atoms with E-state index in [1.807, 2.05) is 28.8 Å². The number of pyridine rings is 2. The molecule has 6 heterocycles. The number of hydrogen-bond donors (Lipinski definition) is 0. The van der Waals surface area contributed by atoms with Crippen molar-refractivity contribution in [1.82, 2.24) is 29.1 Å². The smallest absolute Gasteiger partial charge is 0.264 e. The topological polar surface area (TPSA) is 147 Å². The molecule has 10 rings (SSSR count). The minimum Gasteiger partial charge on any atom is -0.377 e. The van der Waals surface area contributed by atoms with Crippen molar-refractivity contribution in [3.8, 4) is 6.07 Å². The van der Waals surface area contributed by atoms with Gasteiger partial charge >= 0.3 is 0 Å². The molecule has 2 aliphatic carbocycles. The number of benzene rings is 2. The van der Waals surface area contributed by atoms with Gasteiger partial charge in [0, 0.05) is 83.6 Å². The van der Waals surface area contributed by atoms with Crippen molar-refractivity contribution >= 4 is 77.2 Å². The molecular formula is C42H41Cl2F4N7O5S. The van der Waals surface area contributed by atoms with Crippen molar-refractivity contribution in [2.45, 2.75) is 106 Å². The Balaban J connectivity index is 0.000000157. The second kappa shape index (κ2) is 16.2. The average Bonchev–Trinajstić information content (AvgIpc) is 3.78. The normalized spacial score (nSPS) is 24.3. The molecule has 4 fully saturated rings. The minimum absolute atomic E-state index is 0.0286. The third kappa shape index (κ3) is 8.64. The van der Waals surface area contributed by atoms with E-state index in [9.17, 15) is 26.0 Å². The zero-order chi connectivity index (χ0) is 42.8. The third-order valence-electron chi connectivity index (χ3n) is 12.1. The molecule has 4 atom stereocenters. The molecule has 0 amide bonds. The number of halogens is 6. The number of hydrogen-bond acceptors (Lipinski definition) is 10. The van der Waals surface area contributed by atoms with Gasteiger partial charge in [-0.3, -0.25) is 14.2 Å². The number of fused-ring (bicyclic) bond motifs is 6. The first-order valence-corrected chi connectivity index (χ1v) is 22.7. The molecule has 61 heavy (non-hydrogen) atoms. The number of imidazole rings is 2. The maximum Gasteiger partial charge on any atom is 0.264 e. The van der Waals surface area contributed by atoms with E-state index in [1.54, 1.807) is 24.5 Å². The van der Waals surface area contributed by atoms with Crippen molar-refractivity contribution in [2.75, 3.05) is 26.1 Å². The summed E-state index contributed by atoms with van der Waals surface area (Å²) in [6.07, 6.45) is 5.72. The molecule has 0 radical (unpaired) electrons. The maximum atomic E-state index is 13.7. The van der Waals surface area contributed by atoms with Gasteiger partial charge in [-0.05, 0) is 62.1 Å². The molecule has 6 aromatic rings. The fraction of sp³-hybridized carbons (Fsp3) is 0.500. The van der Waals surface area contributed by atoms with E-state index < -0.39 is 28.1 Å². The number of ether oxygens (including phenoxy) is 2. The molecule has 0 spiro atoms. The van der Waals surface area contributed by atoms with Gasteiger partial charge < -0.3 is 18.6 Å². The van der Waals surface area contributed by atoms with Crippen LogP contribution in [0.4, 0.5) is 17.6 Å². The van der Waals surface area contributed by atoms with Crippen molar-refractivity contribution in [1.29, 1.82) is 5.26 Å². The second-order valence-corrected chi connectivity index (χ2v) is 19.1. The monoisotopic (exact) mass is 901 g/mol. The summed E-state index contributed by atoms with van der Waals surface area (Å²) in [5.41, 5.74) is 4.52. The van der Waals surface area contributed by atoms with Crippen LogP contribution in [0.15, 0.2) is 48.8 Å². The lowest BCUT2D eigenvalue weighted by Crippen LogP contribution is -2.37. The van der Waals surface area contributed by atoms with E-state index in [4.69, 9.17) is 52.1 Å². The lowest BCUT2D eigenvalue weighted by Gasteiger charge is -2.37. The molecule has 0 N–H and O–H groups in total. The van der Waals surface area contributed by atoms with Crippen molar-refractivity contribution in [3.63, 3.8) is 0 Å². The second-order valence-electron chi connectivity index (χ2n) is 16.6. The Bertz CT molecular complexity index is 2800. The quantitative estimate of drug-likeness (QED) is 0.107. The van der Waals surface area contributed by atoms with Crippen LogP contribution in [-0.2, 0) is 23.8 Å². The number of rotatable bonds is 8. The molecule has 2 saturated heterocycles. The summed E-state index contributed by atoms with van der Waals surface area (Å²) in [4.78, 5) is 18.4. The van der Waals surface area contributed by atoms with Gasteiger partial charge in [0.25, 0.3) is 10.1 Å². The Hall–Kier alpha value is -4.18. The molecule has 2 aromatic carbocycles. The summed E-state index contributed by atoms with van der Waals surface area (Å²) in [7, 11) is -3.60. The highest BCUT2D eigenvalue weighted by atomic mass is 35.5. The summed E-state index contributed by atoms with van der Waals surface area (Å²) < 4.78 is 98.1. The molecule has 322 valence electrons. The third-order valence-corrected chi connectivity index (χ3v) is 13.2. The van der Waals surface area contributed by atoms with Crippen molar-refractivity contribution < 1.29 is 39.6 Å². The molecule has 2 saturated carbocycles. The van der Waals surface area contributed by atoms with Crippen LogP contribution in [0.5, 0.6) is 0 Å². The Morgan fingerprint density at radius 3 is 1.67 bits per heavy atom. The predicted molar refractivity (Wildman–Crippen MR) is 221 cm³/mol. The van der Waals surface area contributed by atoms with Crippen LogP contribution >= 0.6 is 23.2 Å². The Labute approximate surface area is 358 Å². The first-order chi connectivity index (χ1) is 29.0. The highest BCUT2D eigenvalue weighted by molar-refractivity contribution is 7.85. The van der Waals surface area contributed by atoms with E-state index >= 15 is 0 Å². The van der Waals surface area contributed by atoms with Gasteiger partial charge in [-0.15, -0.1) is 0 Å². The fourth-order valence-corrected chi connectivity index (χ4v) is 10.0. The van der Waals surface area contributed by atoms with Crippen LogP contribution < -0.4 is 0 Å². The molecule has 2 aliphatic heterocycles. The highest BCUT2D eigenvalue weighted by Crippen LogP contribution is 2.51. The van der Waals surface area contributed by atoms with Crippen LogP contribution in [0.3, 0.4) is 0 Å². The zero-order valence-corrected chi connectivity index (χ0v) is 35.2. The number of nitriles is 1. The Morgan fingerprint density at radius 1 is 0.770 bits per heavy atom. The van der Waals surface area contributed by atoms with Gasteiger partial charge in [-0.1, -0.05) is 23.2 Å². The minimum atomic E-state index is -3.60. The highest BCUT2D eigenvalue weighted by Gasteiger charge is 2.50. The SMILES string of the molecule is CS(=O)(=O)OC[C@@H]1C[C@H](n2c(C3CC(F)(F)C3)nc3cnc4ccc(Cl)cc4c32)CCO1.N#CC[C@@H]1C[C@H](n2c(C3CC(F)(F)C3)nc3cnc4ccc(Cl)cc4c32)CCO1. The molecule has 0 unspecified atom stereocenters. The molecule has 4 aliphatic rings. The summed E-state index contributed by atoms with van der Waals surface area (Å²) >= 11 is 12.5. The molecule has 0 bridgehead atoms. The van der Waals surface area contributed by atoms with Crippen LogP contribution in [0.2, 0.25) is 10.0 Å². The van der Waals surface area contributed by atoms with E-state index in [2.05, 4.69) is 20.6 Å². The number of alkyl halides is 4. The van der Waals surface area contributed by atoms with Gasteiger partial charge in [0.2, 0.25) is 11.8 Å². The van der Waals surface area contributed by atoms with Crippen LogP contribution in [-0.4, -0.2) is 87.6 Å². The number of aromatic nitrogens is 6. The summed E-state index contributed by atoms with van der Waals surface area (Å²) in [5, 5.41) is 11.9. The Kier molecular flexibility index (Phi) is 11.2. The van der Waals surface area contributed by atoms with E-state index in [0.717, 1.165) is 45.5 Å². The summed E-state index contributed by atoms with van der Waals surface area (Å²) in [6, 6.07) is 13.0.